The summed E-state index contributed by atoms with van der Waals surface area (Å²) in [7, 11) is 0. The number of carbonyl (C=O) groups is 1. The largest absolute Gasteiger partial charge is 0.490 e. The number of amides is 1. The summed E-state index contributed by atoms with van der Waals surface area (Å²) in [6.45, 7) is 8.62. The van der Waals surface area contributed by atoms with E-state index in [1.807, 2.05) is 39.0 Å². The lowest BCUT2D eigenvalue weighted by molar-refractivity contribution is -0.115. The number of aromatic nitrogens is 2. The Hall–Kier alpha value is -3.06. The fourth-order valence-electron chi connectivity index (χ4n) is 3.44. The molecule has 0 saturated heterocycles. The number of hydrogen-bond acceptors (Lipinski definition) is 4. The molecule has 1 amide bonds. The molecular formula is C24H27ClFN3O3. The summed E-state index contributed by atoms with van der Waals surface area (Å²) in [5, 5.41) is 7.73. The van der Waals surface area contributed by atoms with Gasteiger partial charge in [0.05, 0.1) is 43.3 Å². The van der Waals surface area contributed by atoms with Gasteiger partial charge in [-0.15, -0.1) is 0 Å². The van der Waals surface area contributed by atoms with Gasteiger partial charge >= 0.3 is 0 Å². The highest BCUT2D eigenvalue weighted by Gasteiger charge is 2.17. The van der Waals surface area contributed by atoms with Gasteiger partial charge in [0.2, 0.25) is 5.91 Å². The van der Waals surface area contributed by atoms with E-state index in [0.29, 0.717) is 46.7 Å². The predicted octanol–water partition coefficient (Wildman–Crippen LogP) is 5.32. The number of halogens is 2. The van der Waals surface area contributed by atoms with Crippen LogP contribution < -0.4 is 14.8 Å². The SMILES string of the molecule is CCOc1ccc(CC(=O)Nc2c(C)nn(Cc3c(F)cccc3Cl)c2C)cc1OCC. The van der Waals surface area contributed by atoms with Crippen molar-refractivity contribution >= 4 is 23.2 Å². The second-order valence-electron chi connectivity index (χ2n) is 7.28. The number of hydrogen-bond donors (Lipinski definition) is 1. The maximum Gasteiger partial charge on any atom is 0.228 e. The zero-order chi connectivity index (χ0) is 23.3. The Labute approximate surface area is 192 Å². The van der Waals surface area contributed by atoms with E-state index in [0.717, 1.165) is 11.3 Å². The van der Waals surface area contributed by atoms with Crippen LogP contribution in [0.3, 0.4) is 0 Å². The minimum Gasteiger partial charge on any atom is -0.490 e. The molecule has 0 radical (unpaired) electrons. The monoisotopic (exact) mass is 459 g/mol. The van der Waals surface area contributed by atoms with E-state index in [4.69, 9.17) is 21.1 Å². The van der Waals surface area contributed by atoms with Crippen molar-refractivity contribution < 1.29 is 18.7 Å². The van der Waals surface area contributed by atoms with Gasteiger partial charge in [-0.2, -0.15) is 5.10 Å². The highest BCUT2D eigenvalue weighted by atomic mass is 35.5. The summed E-state index contributed by atoms with van der Waals surface area (Å²) < 4.78 is 27.0. The molecule has 0 bridgehead atoms. The minimum absolute atomic E-state index is 0.162. The molecule has 0 spiro atoms. The second kappa shape index (κ2) is 10.5. The Kier molecular flexibility index (Phi) is 7.75. The van der Waals surface area contributed by atoms with Gasteiger partial charge in [-0.3, -0.25) is 9.48 Å². The molecule has 8 heteroatoms. The molecule has 1 aromatic heterocycles. The molecule has 6 nitrogen and oxygen atoms in total. The molecule has 0 aliphatic heterocycles. The molecule has 3 rings (SSSR count). The number of anilines is 1. The van der Waals surface area contributed by atoms with Crippen molar-refractivity contribution in [1.82, 2.24) is 9.78 Å². The second-order valence-corrected chi connectivity index (χ2v) is 7.68. The van der Waals surface area contributed by atoms with Crippen LogP contribution in [0.25, 0.3) is 0 Å². The summed E-state index contributed by atoms with van der Waals surface area (Å²) in [6, 6.07) is 10.0. The number of ether oxygens (including phenoxy) is 2. The number of aryl methyl sites for hydroxylation is 1. The van der Waals surface area contributed by atoms with Gasteiger partial charge < -0.3 is 14.8 Å². The van der Waals surface area contributed by atoms with Crippen LogP contribution in [0.5, 0.6) is 11.5 Å². The fourth-order valence-corrected chi connectivity index (χ4v) is 3.66. The van der Waals surface area contributed by atoms with E-state index in [9.17, 15) is 9.18 Å². The standard InChI is InChI=1S/C24H27ClFN3O3/c1-5-31-21-11-10-17(12-22(21)32-6-2)13-23(30)27-24-15(3)28-29(16(24)4)14-18-19(25)8-7-9-20(18)26/h7-12H,5-6,13-14H2,1-4H3,(H,27,30). The normalized spacial score (nSPS) is 10.8. The van der Waals surface area contributed by atoms with Crippen LogP contribution >= 0.6 is 11.6 Å². The number of carbonyl (C=O) groups excluding carboxylic acids is 1. The third-order valence-electron chi connectivity index (χ3n) is 4.99. The zero-order valence-electron chi connectivity index (χ0n) is 18.7. The molecule has 3 aromatic rings. The first-order valence-corrected chi connectivity index (χ1v) is 10.9. The molecule has 32 heavy (non-hydrogen) atoms. The van der Waals surface area contributed by atoms with Gasteiger partial charge in [-0.05, 0) is 57.5 Å². The molecule has 0 atom stereocenters. The van der Waals surface area contributed by atoms with Crippen molar-refractivity contribution in [3.8, 4) is 11.5 Å². The summed E-state index contributed by atoms with van der Waals surface area (Å²) in [6.07, 6.45) is 0.162. The van der Waals surface area contributed by atoms with E-state index >= 15 is 0 Å². The molecular weight excluding hydrogens is 433 g/mol. The third-order valence-corrected chi connectivity index (χ3v) is 5.34. The molecule has 0 saturated carbocycles. The van der Waals surface area contributed by atoms with Crippen LogP contribution in [0.4, 0.5) is 10.1 Å². The quantitative estimate of drug-likeness (QED) is 0.470. The van der Waals surface area contributed by atoms with Crippen molar-refractivity contribution in [3.05, 3.63) is 69.8 Å². The average Bonchev–Trinajstić information content (AvgIpc) is 3.00. The van der Waals surface area contributed by atoms with Gasteiger partial charge in [0.15, 0.2) is 11.5 Å². The van der Waals surface area contributed by atoms with Crippen LogP contribution in [0.2, 0.25) is 5.02 Å². The lowest BCUT2D eigenvalue weighted by Gasteiger charge is -2.12. The highest BCUT2D eigenvalue weighted by molar-refractivity contribution is 6.31. The molecule has 170 valence electrons. The van der Waals surface area contributed by atoms with Crippen molar-refractivity contribution in [2.24, 2.45) is 0 Å². The van der Waals surface area contributed by atoms with E-state index < -0.39 is 5.82 Å². The van der Waals surface area contributed by atoms with E-state index in [1.165, 1.54) is 6.07 Å². The van der Waals surface area contributed by atoms with Gasteiger partial charge in [0.1, 0.15) is 5.82 Å². The number of rotatable bonds is 9. The van der Waals surface area contributed by atoms with Crippen molar-refractivity contribution in [2.75, 3.05) is 18.5 Å². The molecule has 2 aromatic carbocycles. The zero-order valence-corrected chi connectivity index (χ0v) is 19.4. The molecule has 0 aliphatic carbocycles. The lowest BCUT2D eigenvalue weighted by Crippen LogP contribution is -2.16. The Bertz CT molecular complexity index is 1090. The summed E-state index contributed by atoms with van der Waals surface area (Å²) in [5.41, 5.74) is 3.13. The van der Waals surface area contributed by atoms with E-state index in [2.05, 4.69) is 10.4 Å². The maximum atomic E-state index is 14.2. The summed E-state index contributed by atoms with van der Waals surface area (Å²) in [5.74, 6) is 0.683. The van der Waals surface area contributed by atoms with Gasteiger partial charge in [-0.25, -0.2) is 4.39 Å². The Morgan fingerprint density at radius 3 is 2.53 bits per heavy atom. The number of nitrogens with one attached hydrogen (secondary N) is 1. The first-order valence-electron chi connectivity index (χ1n) is 10.5. The van der Waals surface area contributed by atoms with Gasteiger partial charge in [0.25, 0.3) is 0 Å². The van der Waals surface area contributed by atoms with Crippen molar-refractivity contribution in [1.29, 1.82) is 0 Å². The minimum atomic E-state index is -0.392. The Morgan fingerprint density at radius 1 is 1.12 bits per heavy atom. The van der Waals surface area contributed by atoms with Crippen molar-refractivity contribution in [3.63, 3.8) is 0 Å². The molecule has 1 N–H and O–H groups in total. The topological polar surface area (TPSA) is 65.4 Å². The first kappa shape index (κ1) is 23.6. The molecule has 1 heterocycles. The smallest absolute Gasteiger partial charge is 0.228 e. The maximum absolute atomic E-state index is 14.2. The molecule has 0 fully saturated rings. The first-order chi connectivity index (χ1) is 15.3. The van der Waals surface area contributed by atoms with Crippen LogP contribution in [0.1, 0.15) is 36.4 Å². The van der Waals surface area contributed by atoms with Crippen LogP contribution in [0.15, 0.2) is 36.4 Å². The Morgan fingerprint density at radius 2 is 1.84 bits per heavy atom. The van der Waals surface area contributed by atoms with E-state index in [1.54, 1.807) is 23.7 Å². The summed E-state index contributed by atoms with van der Waals surface area (Å²) in [4.78, 5) is 12.7. The van der Waals surface area contributed by atoms with Gasteiger partial charge in [0, 0.05) is 10.6 Å². The fraction of sp³-hybridized carbons (Fsp3) is 0.333. The number of benzene rings is 2. The third kappa shape index (κ3) is 5.40. The molecule has 0 unspecified atom stereocenters. The van der Waals surface area contributed by atoms with Crippen LogP contribution in [0, 0.1) is 19.7 Å². The lowest BCUT2D eigenvalue weighted by atomic mass is 10.1. The number of nitrogens with zero attached hydrogens (tertiary/aromatic N) is 2. The van der Waals surface area contributed by atoms with Crippen LogP contribution in [-0.2, 0) is 17.8 Å². The molecule has 0 aliphatic rings. The van der Waals surface area contributed by atoms with E-state index in [-0.39, 0.29) is 18.9 Å². The predicted molar refractivity (Wildman–Crippen MR) is 123 cm³/mol. The Balaban J connectivity index is 1.75. The average molecular weight is 460 g/mol. The summed E-state index contributed by atoms with van der Waals surface area (Å²) >= 11 is 6.15. The highest BCUT2D eigenvalue weighted by Crippen LogP contribution is 2.29. The van der Waals surface area contributed by atoms with Gasteiger partial charge in [-0.1, -0.05) is 23.7 Å². The van der Waals surface area contributed by atoms with Crippen LogP contribution in [-0.4, -0.2) is 28.9 Å². The van der Waals surface area contributed by atoms with Crippen molar-refractivity contribution in [2.45, 2.75) is 40.7 Å².